The van der Waals surface area contributed by atoms with Crippen LogP contribution in [0.3, 0.4) is 0 Å². The summed E-state index contributed by atoms with van der Waals surface area (Å²) in [7, 11) is 0. The van der Waals surface area contributed by atoms with Crippen molar-refractivity contribution in [1.82, 2.24) is 25.1 Å². The molecule has 3 atom stereocenters. The van der Waals surface area contributed by atoms with E-state index in [1.54, 1.807) is 18.3 Å². The number of nitrogens with one attached hydrogen (secondary N) is 2. The first-order valence-electron chi connectivity index (χ1n) is 14.5. The van der Waals surface area contributed by atoms with Crippen molar-refractivity contribution in [1.29, 1.82) is 5.26 Å². The summed E-state index contributed by atoms with van der Waals surface area (Å²) in [4.78, 5) is 38.9. The van der Waals surface area contributed by atoms with Crippen LogP contribution in [0.4, 0.5) is 0 Å². The number of amides is 2. The van der Waals surface area contributed by atoms with Gasteiger partial charge < -0.3 is 15.2 Å². The molecule has 2 aliphatic rings. The highest BCUT2D eigenvalue weighted by atomic mass is 35.5. The highest BCUT2D eigenvalue weighted by Crippen LogP contribution is 2.30. The zero-order valence-corrected chi connectivity index (χ0v) is 24.2. The summed E-state index contributed by atoms with van der Waals surface area (Å²) < 4.78 is 0. The average molecular weight is 573 g/mol. The zero-order chi connectivity index (χ0) is 28.8. The Hall–Kier alpha value is -3.67. The molecule has 2 fully saturated rings. The SMILES string of the molecule is CC[C@H]1CCN(C[C@@H]2CCCN2C(=O)Cc2cnc(Cc3ccc(C#N)cc3)[nH]2)[C@@H]1C(=O)NCc1cccc(Cl)c1. The highest BCUT2D eigenvalue weighted by molar-refractivity contribution is 6.30. The molecule has 2 N–H and O–H groups in total. The predicted molar refractivity (Wildman–Crippen MR) is 158 cm³/mol. The van der Waals surface area contributed by atoms with Crippen LogP contribution in [-0.4, -0.2) is 63.3 Å². The summed E-state index contributed by atoms with van der Waals surface area (Å²) in [5, 5.41) is 12.8. The van der Waals surface area contributed by atoms with Gasteiger partial charge in [0.25, 0.3) is 0 Å². The number of halogens is 1. The molecule has 2 aromatic carbocycles. The van der Waals surface area contributed by atoms with Crippen LogP contribution in [0.2, 0.25) is 5.02 Å². The number of aromatic amines is 1. The van der Waals surface area contributed by atoms with Gasteiger partial charge >= 0.3 is 0 Å². The van der Waals surface area contributed by atoms with Crippen LogP contribution in [0.25, 0.3) is 0 Å². The Morgan fingerprint density at radius 2 is 1.98 bits per heavy atom. The van der Waals surface area contributed by atoms with Crippen LogP contribution < -0.4 is 5.32 Å². The van der Waals surface area contributed by atoms with Crippen LogP contribution >= 0.6 is 11.6 Å². The zero-order valence-electron chi connectivity index (χ0n) is 23.5. The Kier molecular flexibility index (Phi) is 9.38. The second kappa shape index (κ2) is 13.3. The summed E-state index contributed by atoms with van der Waals surface area (Å²) in [6.07, 6.45) is 6.49. The van der Waals surface area contributed by atoms with Crippen LogP contribution in [0.1, 0.15) is 60.8 Å². The second-order valence-corrected chi connectivity index (χ2v) is 11.6. The van der Waals surface area contributed by atoms with Gasteiger partial charge in [0.15, 0.2) is 0 Å². The van der Waals surface area contributed by atoms with Gasteiger partial charge in [0.2, 0.25) is 11.8 Å². The Balaban J connectivity index is 1.18. The van der Waals surface area contributed by atoms with Gasteiger partial charge in [-0.25, -0.2) is 4.98 Å². The van der Waals surface area contributed by atoms with Gasteiger partial charge in [-0.2, -0.15) is 5.26 Å². The van der Waals surface area contributed by atoms with Crippen LogP contribution in [-0.2, 0) is 29.0 Å². The fraction of sp³-hybridized carbons (Fsp3) is 0.438. The molecule has 214 valence electrons. The first-order chi connectivity index (χ1) is 19.9. The molecule has 5 rings (SSSR count). The van der Waals surface area contributed by atoms with Crippen molar-refractivity contribution in [3.8, 4) is 6.07 Å². The minimum absolute atomic E-state index is 0.0532. The number of imidazole rings is 1. The number of aromatic nitrogens is 2. The summed E-state index contributed by atoms with van der Waals surface area (Å²) in [5.41, 5.74) is 3.46. The molecule has 8 nitrogen and oxygen atoms in total. The van der Waals surface area contributed by atoms with Gasteiger partial charge in [-0.3, -0.25) is 14.5 Å². The van der Waals surface area contributed by atoms with E-state index in [1.165, 1.54) is 0 Å². The minimum Gasteiger partial charge on any atom is -0.351 e. The van der Waals surface area contributed by atoms with Gasteiger partial charge in [0.1, 0.15) is 5.82 Å². The monoisotopic (exact) mass is 572 g/mol. The normalized spacial score (nSPS) is 20.7. The maximum Gasteiger partial charge on any atom is 0.237 e. The molecule has 2 aliphatic heterocycles. The Labute approximate surface area is 246 Å². The third kappa shape index (κ3) is 7.16. The number of likely N-dealkylation sites (tertiary alicyclic amines) is 2. The fourth-order valence-electron chi connectivity index (χ4n) is 6.24. The van der Waals surface area contributed by atoms with E-state index in [1.807, 2.05) is 41.3 Å². The van der Waals surface area contributed by atoms with Crippen molar-refractivity contribution < 1.29 is 9.59 Å². The van der Waals surface area contributed by atoms with E-state index in [0.717, 1.165) is 61.4 Å². The molecule has 1 aromatic heterocycles. The summed E-state index contributed by atoms with van der Waals surface area (Å²) >= 11 is 6.12. The number of carbonyl (C=O) groups is 2. The number of rotatable bonds is 10. The lowest BCUT2D eigenvalue weighted by Gasteiger charge is -2.32. The van der Waals surface area contributed by atoms with Crippen molar-refractivity contribution in [2.45, 2.75) is 64.1 Å². The maximum atomic E-state index is 13.4. The van der Waals surface area contributed by atoms with Crippen LogP contribution in [0, 0.1) is 17.2 Å². The summed E-state index contributed by atoms with van der Waals surface area (Å²) in [6, 6.07) is 17.1. The second-order valence-electron chi connectivity index (χ2n) is 11.1. The number of carbonyl (C=O) groups excluding carboxylic acids is 2. The van der Waals surface area contributed by atoms with Gasteiger partial charge in [-0.1, -0.05) is 49.2 Å². The Morgan fingerprint density at radius 1 is 1.15 bits per heavy atom. The number of hydrogen-bond acceptors (Lipinski definition) is 5. The molecule has 41 heavy (non-hydrogen) atoms. The molecule has 0 radical (unpaired) electrons. The quantitative estimate of drug-likeness (QED) is 0.373. The summed E-state index contributed by atoms with van der Waals surface area (Å²) in [5.74, 6) is 1.25. The Morgan fingerprint density at radius 3 is 2.73 bits per heavy atom. The topological polar surface area (TPSA) is 105 Å². The summed E-state index contributed by atoms with van der Waals surface area (Å²) in [6.45, 7) is 4.92. The van der Waals surface area contributed by atoms with E-state index in [4.69, 9.17) is 16.9 Å². The van der Waals surface area contributed by atoms with Crippen molar-refractivity contribution in [3.05, 3.63) is 88.0 Å². The van der Waals surface area contributed by atoms with Gasteiger partial charge in [-0.05, 0) is 67.1 Å². The van der Waals surface area contributed by atoms with E-state index in [9.17, 15) is 9.59 Å². The number of benzene rings is 2. The molecule has 0 spiro atoms. The predicted octanol–water partition coefficient (Wildman–Crippen LogP) is 4.48. The number of nitrogens with zero attached hydrogens (tertiary/aromatic N) is 4. The Bertz CT molecular complexity index is 1400. The lowest BCUT2D eigenvalue weighted by atomic mass is 9.96. The molecule has 2 amide bonds. The van der Waals surface area contributed by atoms with E-state index in [2.05, 4.69) is 33.2 Å². The first-order valence-corrected chi connectivity index (χ1v) is 14.9. The van der Waals surface area contributed by atoms with Crippen LogP contribution in [0.5, 0.6) is 0 Å². The lowest BCUT2D eigenvalue weighted by molar-refractivity contribution is -0.132. The van der Waals surface area contributed by atoms with Gasteiger partial charge in [0, 0.05) is 49.0 Å². The molecule has 0 saturated carbocycles. The number of nitriles is 1. The molecule has 0 aliphatic carbocycles. The average Bonchev–Trinajstić information content (AvgIpc) is 3.73. The molecule has 9 heteroatoms. The lowest BCUT2D eigenvalue weighted by Crippen LogP contribution is -2.51. The minimum atomic E-state index is -0.186. The molecular formula is C32H37ClN6O2. The third-order valence-electron chi connectivity index (χ3n) is 8.40. The first kappa shape index (κ1) is 28.8. The number of hydrogen-bond donors (Lipinski definition) is 2. The van der Waals surface area contributed by atoms with E-state index < -0.39 is 0 Å². The molecule has 0 unspecified atom stereocenters. The molecule has 0 bridgehead atoms. The smallest absolute Gasteiger partial charge is 0.237 e. The molecule has 3 aromatic rings. The molecule has 3 heterocycles. The molecule has 2 saturated heterocycles. The number of H-pyrrole nitrogens is 1. The van der Waals surface area contributed by atoms with E-state index in [-0.39, 0.29) is 30.3 Å². The maximum absolute atomic E-state index is 13.4. The largest absolute Gasteiger partial charge is 0.351 e. The van der Waals surface area contributed by atoms with Crippen molar-refractivity contribution in [3.63, 3.8) is 0 Å². The van der Waals surface area contributed by atoms with Gasteiger partial charge in [0.05, 0.1) is 24.1 Å². The highest BCUT2D eigenvalue weighted by Gasteiger charge is 2.41. The standard InChI is InChI=1S/C32H37ClN6O2/c1-2-25-12-14-38(31(25)32(41)36-19-24-5-3-6-26(33)15-24)21-28-7-4-13-39(28)30(40)17-27-20-35-29(37-27)16-22-8-10-23(18-34)11-9-22/h3,5-6,8-11,15,20,25,28,31H,2,4,7,12-14,16-17,19,21H2,1H3,(H,35,37)(H,36,41)/t25-,28-,31-/m0/s1. The van der Waals surface area contributed by atoms with E-state index in [0.29, 0.717) is 36.0 Å². The van der Waals surface area contributed by atoms with Crippen molar-refractivity contribution in [2.24, 2.45) is 5.92 Å². The van der Waals surface area contributed by atoms with Crippen molar-refractivity contribution in [2.75, 3.05) is 19.6 Å². The van der Waals surface area contributed by atoms with Crippen LogP contribution in [0.15, 0.2) is 54.7 Å². The van der Waals surface area contributed by atoms with Crippen molar-refractivity contribution >= 4 is 23.4 Å². The third-order valence-corrected chi connectivity index (χ3v) is 8.63. The van der Waals surface area contributed by atoms with E-state index >= 15 is 0 Å². The molecular weight excluding hydrogens is 536 g/mol. The fourth-order valence-corrected chi connectivity index (χ4v) is 6.46. The van der Waals surface area contributed by atoms with Gasteiger partial charge in [-0.15, -0.1) is 0 Å².